The highest BCUT2D eigenvalue weighted by Crippen LogP contribution is 2.28. The van der Waals surface area contributed by atoms with Crippen molar-refractivity contribution < 1.29 is 28.5 Å². The molecule has 0 atom stereocenters. The van der Waals surface area contributed by atoms with E-state index in [4.69, 9.17) is 18.9 Å². The number of para-hydroxylation sites is 1. The van der Waals surface area contributed by atoms with Crippen LogP contribution in [0, 0.1) is 13.8 Å². The predicted molar refractivity (Wildman–Crippen MR) is 101 cm³/mol. The number of carbonyl (C=O) groups excluding carboxylic acids is 2. The van der Waals surface area contributed by atoms with Crippen molar-refractivity contribution in [2.24, 2.45) is 0 Å². The van der Waals surface area contributed by atoms with Crippen LogP contribution in [0.1, 0.15) is 11.1 Å². The van der Waals surface area contributed by atoms with E-state index in [-0.39, 0.29) is 6.61 Å². The van der Waals surface area contributed by atoms with E-state index < -0.39 is 18.5 Å². The molecule has 0 saturated carbocycles. The molecule has 0 fully saturated rings. The average molecular weight is 373 g/mol. The highest BCUT2D eigenvalue weighted by molar-refractivity contribution is 5.94. The number of hydrogen-bond acceptors (Lipinski definition) is 6. The quantitative estimate of drug-likeness (QED) is 0.717. The summed E-state index contributed by atoms with van der Waals surface area (Å²) in [5.74, 6) is 0.558. The van der Waals surface area contributed by atoms with Crippen LogP contribution in [-0.4, -0.2) is 39.3 Å². The summed E-state index contributed by atoms with van der Waals surface area (Å²) >= 11 is 0. The monoisotopic (exact) mass is 373 g/mol. The third-order valence-corrected chi connectivity index (χ3v) is 3.79. The summed E-state index contributed by atoms with van der Waals surface area (Å²) in [6.45, 7) is 3.08. The number of nitrogens with one attached hydrogen (secondary N) is 1. The number of benzene rings is 2. The molecule has 0 aromatic heterocycles. The maximum atomic E-state index is 12.0. The molecule has 0 radical (unpaired) electrons. The average Bonchev–Trinajstić information content (AvgIpc) is 2.66. The van der Waals surface area contributed by atoms with Gasteiger partial charge in [-0.25, -0.2) is 4.79 Å². The molecule has 7 heteroatoms. The van der Waals surface area contributed by atoms with Gasteiger partial charge in [0.15, 0.2) is 13.2 Å². The van der Waals surface area contributed by atoms with Gasteiger partial charge in [-0.3, -0.25) is 4.79 Å². The fourth-order valence-corrected chi connectivity index (χ4v) is 2.43. The van der Waals surface area contributed by atoms with Gasteiger partial charge >= 0.3 is 5.97 Å². The molecule has 1 N–H and O–H groups in total. The zero-order valence-corrected chi connectivity index (χ0v) is 15.8. The summed E-state index contributed by atoms with van der Waals surface area (Å²) in [5, 5.41) is 2.62. The Balaban J connectivity index is 1.84. The molecule has 0 spiro atoms. The van der Waals surface area contributed by atoms with Gasteiger partial charge in [-0.15, -0.1) is 0 Å². The van der Waals surface area contributed by atoms with Crippen LogP contribution in [0.25, 0.3) is 0 Å². The standard InChI is InChI=1S/C20H23NO6/c1-13-6-5-7-14(2)20(13)27-12-19(23)26-11-18(22)21-16-9-8-15(24-3)10-17(16)25-4/h5-10H,11-12H2,1-4H3,(H,21,22). The van der Waals surface area contributed by atoms with Crippen molar-refractivity contribution >= 4 is 17.6 Å². The van der Waals surface area contributed by atoms with Gasteiger partial charge in [0.1, 0.15) is 17.2 Å². The van der Waals surface area contributed by atoms with Crippen LogP contribution in [0.4, 0.5) is 5.69 Å². The molecule has 2 aromatic carbocycles. The van der Waals surface area contributed by atoms with Crippen molar-refractivity contribution in [1.82, 2.24) is 0 Å². The second kappa shape index (κ2) is 9.47. The van der Waals surface area contributed by atoms with Crippen molar-refractivity contribution in [3.8, 4) is 17.2 Å². The first-order chi connectivity index (χ1) is 12.9. The maximum Gasteiger partial charge on any atom is 0.344 e. The lowest BCUT2D eigenvalue weighted by molar-refractivity contribution is -0.149. The van der Waals surface area contributed by atoms with Gasteiger partial charge in [0.25, 0.3) is 5.91 Å². The molecule has 0 unspecified atom stereocenters. The zero-order valence-electron chi connectivity index (χ0n) is 15.8. The van der Waals surface area contributed by atoms with Crippen molar-refractivity contribution in [1.29, 1.82) is 0 Å². The van der Waals surface area contributed by atoms with E-state index >= 15 is 0 Å². The fourth-order valence-electron chi connectivity index (χ4n) is 2.43. The Hall–Kier alpha value is -3.22. The van der Waals surface area contributed by atoms with Crippen molar-refractivity contribution in [2.45, 2.75) is 13.8 Å². The van der Waals surface area contributed by atoms with Crippen LogP contribution in [0.5, 0.6) is 17.2 Å². The minimum atomic E-state index is -0.630. The van der Waals surface area contributed by atoms with Gasteiger partial charge in [-0.1, -0.05) is 18.2 Å². The van der Waals surface area contributed by atoms with E-state index in [1.165, 1.54) is 14.2 Å². The number of amides is 1. The molecule has 1 amide bonds. The molecular weight excluding hydrogens is 350 g/mol. The molecule has 0 heterocycles. The topological polar surface area (TPSA) is 83.1 Å². The number of rotatable bonds is 8. The number of carbonyl (C=O) groups is 2. The van der Waals surface area contributed by atoms with E-state index in [0.29, 0.717) is 22.9 Å². The number of esters is 1. The highest BCUT2D eigenvalue weighted by Gasteiger charge is 2.13. The molecule has 7 nitrogen and oxygen atoms in total. The lowest BCUT2D eigenvalue weighted by Crippen LogP contribution is -2.24. The Bertz CT molecular complexity index is 798. The first kappa shape index (κ1) is 20.1. The Morgan fingerprint density at radius 3 is 2.30 bits per heavy atom. The Morgan fingerprint density at radius 1 is 0.963 bits per heavy atom. The second-order valence-electron chi connectivity index (χ2n) is 5.78. The van der Waals surface area contributed by atoms with Gasteiger partial charge < -0.3 is 24.3 Å². The summed E-state index contributed by atoms with van der Waals surface area (Å²) in [6, 6.07) is 10.7. The fraction of sp³-hybridized carbons (Fsp3) is 0.300. The van der Waals surface area contributed by atoms with E-state index in [9.17, 15) is 9.59 Å². The molecule has 144 valence electrons. The third kappa shape index (κ3) is 5.64. The van der Waals surface area contributed by atoms with Crippen LogP contribution in [-0.2, 0) is 14.3 Å². The summed E-state index contributed by atoms with van der Waals surface area (Å²) in [7, 11) is 3.02. The third-order valence-electron chi connectivity index (χ3n) is 3.79. The summed E-state index contributed by atoms with van der Waals surface area (Å²) in [5.41, 5.74) is 2.30. The van der Waals surface area contributed by atoms with E-state index in [1.807, 2.05) is 32.0 Å². The zero-order chi connectivity index (χ0) is 19.8. The van der Waals surface area contributed by atoms with Crippen LogP contribution >= 0.6 is 0 Å². The molecule has 2 aromatic rings. The molecule has 0 bridgehead atoms. The first-order valence-electron chi connectivity index (χ1n) is 8.31. The Labute approximate surface area is 158 Å². The highest BCUT2D eigenvalue weighted by atomic mass is 16.6. The minimum Gasteiger partial charge on any atom is -0.497 e. The smallest absolute Gasteiger partial charge is 0.344 e. The van der Waals surface area contributed by atoms with Gasteiger partial charge in [0.05, 0.1) is 19.9 Å². The van der Waals surface area contributed by atoms with Gasteiger partial charge in [0.2, 0.25) is 0 Å². The first-order valence-corrected chi connectivity index (χ1v) is 8.31. The SMILES string of the molecule is COc1ccc(NC(=O)COC(=O)COc2c(C)cccc2C)c(OC)c1. The number of ether oxygens (including phenoxy) is 4. The lowest BCUT2D eigenvalue weighted by Gasteiger charge is -2.13. The van der Waals surface area contributed by atoms with Crippen molar-refractivity contribution in [3.63, 3.8) is 0 Å². The molecule has 0 aliphatic rings. The van der Waals surface area contributed by atoms with Crippen LogP contribution < -0.4 is 19.5 Å². The van der Waals surface area contributed by atoms with E-state index in [0.717, 1.165) is 11.1 Å². The van der Waals surface area contributed by atoms with Crippen molar-refractivity contribution in [3.05, 3.63) is 47.5 Å². The number of methoxy groups -OCH3 is 2. The van der Waals surface area contributed by atoms with Crippen LogP contribution in [0.3, 0.4) is 0 Å². The van der Waals surface area contributed by atoms with E-state index in [1.54, 1.807) is 18.2 Å². The van der Waals surface area contributed by atoms with Crippen LogP contribution in [0.15, 0.2) is 36.4 Å². The molecule has 0 aliphatic heterocycles. The minimum absolute atomic E-state index is 0.273. The van der Waals surface area contributed by atoms with Gasteiger partial charge in [-0.2, -0.15) is 0 Å². The predicted octanol–water partition coefficient (Wildman–Crippen LogP) is 2.88. The second-order valence-corrected chi connectivity index (χ2v) is 5.78. The lowest BCUT2D eigenvalue weighted by atomic mass is 10.1. The number of hydrogen-bond donors (Lipinski definition) is 1. The summed E-state index contributed by atoms with van der Waals surface area (Å²) < 4.78 is 20.8. The maximum absolute atomic E-state index is 12.0. The molecule has 27 heavy (non-hydrogen) atoms. The molecule has 2 rings (SSSR count). The largest absolute Gasteiger partial charge is 0.497 e. The van der Waals surface area contributed by atoms with Crippen LogP contribution in [0.2, 0.25) is 0 Å². The molecular formula is C20H23NO6. The number of aryl methyl sites for hydroxylation is 2. The molecule has 0 aliphatic carbocycles. The Morgan fingerprint density at radius 2 is 1.67 bits per heavy atom. The Kier molecular flexibility index (Phi) is 7.05. The van der Waals surface area contributed by atoms with E-state index in [2.05, 4.69) is 5.32 Å². The summed E-state index contributed by atoms with van der Waals surface area (Å²) in [4.78, 5) is 23.8. The van der Waals surface area contributed by atoms with Gasteiger partial charge in [0, 0.05) is 6.07 Å². The van der Waals surface area contributed by atoms with Gasteiger partial charge in [-0.05, 0) is 37.1 Å². The van der Waals surface area contributed by atoms with Crippen molar-refractivity contribution in [2.75, 3.05) is 32.8 Å². The summed E-state index contributed by atoms with van der Waals surface area (Å²) in [6.07, 6.45) is 0. The normalized spacial score (nSPS) is 10.1. The number of anilines is 1. The molecule has 0 saturated heterocycles.